The number of hydrogen-bond donors (Lipinski definition) is 6. The van der Waals surface area contributed by atoms with E-state index in [1.807, 2.05) is 0 Å². The van der Waals surface area contributed by atoms with Crippen molar-refractivity contribution in [3.63, 3.8) is 0 Å². The molecule has 0 aromatic rings. The lowest BCUT2D eigenvalue weighted by Gasteiger charge is -2.46. The number of alkyl halides is 3. The molecule has 0 spiro atoms. The summed E-state index contributed by atoms with van der Waals surface area (Å²) in [6.07, 6.45) is -2.81. The van der Waals surface area contributed by atoms with Crippen molar-refractivity contribution in [2.24, 2.45) is 11.8 Å². The molecule has 4 aliphatic heterocycles. The van der Waals surface area contributed by atoms with Gasteiger partial charge in [-0.3, -0.25) is 31.0 Å². The fourth-order valence-electron chi connectivity index (χ4n) is 7.28. The van der Waals surface area contributed by atoms with Gasteiger partial charge in [0.05, 0.1) is 12.7 Å². The zero-order valence-electron chi connectivity index (χ0n) is 23.9. The molecule has 1 aliphatic carbocycles. The number of ether oxygens (including phenoxy) is 2. The Labute approximate surface area is 235 Å². The van der Waals surface area contributed by atoms with E-state index in [0.717, 1.165) is 65.0 Å². The van der Waals surface area contributed by atoms with Crippen molar-refractivity contribution < 1.29 is 27.4 Å². The Morgan fingerprint density at radius 2 is 1.88 bits per heavy atom. The van der Waals surface area contributed by atoms with Gasteiger partial charge in [0.25, 0.3) is 0 Å². The second kappa shape index (κ2) is 13.1. The van der Waals surface area contributed by atoms with Crippen LogP contribution >= 0.6 is 0 Å². The summed E-state index contributed by atoms with van der Waals surface area (Å²) in [5.41, 5.74) is 0. The van der Waals surface area contributed by atoms with Crippen molar-refractivity contribution >= 4 is 5.91 Å². The Morgan fingerprint density at radius 3 is 2.65 bits per heavy atom. The molecule has 6 N–H and O–H groups in total. The Hall–Kier alpha value is -1.06. The number of halogens is 3. The van der Waals surface area contributed by atoms with E-state index in [0.29, 0.717) is 30.3 Å². The fraction of sp³-hybridized carbons (Fsp3) is 0.963. The normalized spacial score (nSPS) is 43.9. The number of piperidine rings is 1. The lowest BCUT2D eigenvalue weighted by molar-refractivity contribution is -0.216. The number of amides is 1. The van der Waals surface area contributed by atoms with Gasteiger partial charge in [0.2, 0.25) is 5.91 Å². The number of morpholine rings is 1. The largest absolute Gasteiger partial charge is 0.416 e. The summed E-state index contributed by atoms with van der Waals surface area (Å²) in [6.45, 7) is 11.5. The molecule has 5 fully saturated rings. The van der Waals surface area contributed by atoms with Gasteiger partial charge in [0.1, 0.15) is 18.6 Å². The van der Waals surface area contributed by atoms with Gasteiger partial charge in [-0.15, -0.1) is 0 Å². The third-order valence-electron chi connectivity index (χ3n) is 9.50. The van der Waals surface area contributed by atoms with Crippen LogP contribution in [-0.4, -0.2) is 111 Å². The van der Waals surface area contributed by atoms with Crippen molar-refractivity contribution in [1.82, 2.24) is 36.8 Å². The molecule has 10 nitrogen and oxygen atoms in total. The van der Waals surface area contributed by atoms with Crippen molar-refractivity contribution in [2.75, 3.05) is 39.3 Å². The molecule has 0 aromatic heterocycles. The molecular formula is C27H48F3N7O3. The highest BCUT2D eigenvalue weighted by Gasteiger charge is 2.53. The summed E-state index contributed by atoms with van der Waals surface area (Å²) >= 11 is 0. The van der Waals surface area contributed by atoms with E-state index in [9.17, 15) is 18.0 Å². The lowest BCUT2D eigenvalue weighted by atomic mass is 9.82. The van der Waals surface area contributed by atoms with Gasteiger partial charge >= 0.3 is 6.18 Å². The minimum absolute atomic E-state index is 0.0511. The maximum Gasteiger partial charge on any atom is 0.416 e. The Bertz CT molecular complexity index is 855. The number of carbonyl (C=O) groups is 1. The molecule has 40 heavy (non-hydrogen) atoms. The molecule has 0 radical (unpaired) electrons. The molecule has 5 aliphatic rings. The SMILES string of the molecule is CC1NC(C(=O)NC2CCC(C)C(NC3NCCC(C4CNCC(N5CCO[C@H](C)C5)C4)N3)C2)C(C(F)(F)F)O1. The second-order valence-electron chi connectivity index (χ2n) is 12.6. The van der Waals surface area contributed by atoms with Crippen molar-refractivity contribution in [3.8, 4) is 0 Å². The minimum atomic E-state index is -4.60. The maximum absolute atomic E-state index is 13.4. The van der Waals surface area contributed by atoms with Gasteiger partial charge in [-0.1, -0.05) is 6.92 Å². The van der Waals surface area contributed by atoms with Crippen molar-refractivity contribution in [1.29, 1.82) is 0 Å². The minimum Gasteiger partial charge on any atom is -0.376 e. The topological polar surface area (TPSA) is 111 Å². The quantitative estimate of drug-likeness (QED) is 0.269. The maximum atomic E-state index is 13.4. The molecule has 5 rings (SSSR count). The zero-order valence-corrected chi connectivity index (χ0v) is 23.9. The molecule has 10 unspecified atom stereocenters. The average molecular weight is 576 g/mol. The summed E-state index contributed by atoms with van der Waals surface area (Å²) < 4.78 is 50.9. The van der Waals surface area contributed by atoms with Crippen LogP contribution in [0.1, 0.15) is 52.9 Å². The van der Waals surface area contributed by atoms with E-state index < -0.39 is 30.5 Å². The Morgan fingerprint density at radius 1 is 1.05 bits per heavy atom. The molecule has 1 amide bonds. The predicted molar refractivity (Wildman–Crippen MR) is 144 cm³/mol. The average Bonchev–Trinajstić information content (AvgIpc) is 3.33. The molecule has 4 heterocycles. The molecule has 4 saturated heterocycles. The highest BCUT2D eigenvalue weighted by molar-refractivity contribution is 5.83. The van der Waals surface area contributed by atoms with Gasteiger partial charge in [0, 0.05) is 43.8 Å². The third kappa shape index (κ3) is 7.47. The van der Waals surface area contributed by atoms with Crippen molar-refractivity contribution in [2.45, 2.75) is 114 Å². The van der Waals surface area contributed by atoms with Gasteiger partial charge in [0.15, 0.2) is 6.10 Å². The number of nitrogens with zero attached hydrogens (tertiary/aromatic N) is 1. The Kier molecular flexibility index (Phi) is 9.93. The van der Waals surface area contributed by atoms with Gasteiger partial charge in [-0.2, -0.15) is 13.2 Å². The standard InChI is InChI=1S/C27H48F3N7O3/c1-15-4-5-19(34-25(38)23-24(27(28,29)30)40-17(3)33-23)11-22(15)36-26-32-7-6-21(35-26)18-10-20(13-31-12-18)37-8-9-39-16(2)14-37/h15-24,26,31-33,35-36H,4-14H2,1-3H3,(H,34,38)/t15?,16-,17?,18?,19?,20?,21?,22?,23?,24?,26?/m1/s1. The first-order valence-electron chi connectivity index (χ1n) is 15.2. The van der Waals surface area contributed by atoms with Crippen LogP contribution in [0.25, 0.3) is 0 Å². The van der Waals surface area contributed by atoms with Crippen LogP contribution in [0.3, 0.4) is 0 Å². The fourth-order valence-corrected chi connectivity index (χ4v) is 7.28. The number of hydrogen-bond acceptors (Lipinski definition) is 9. The highest BCUT2D eigenvalue weighted by atomic mass is 19.4. The second-order valence-corrected chi connectivity index (χ2v) is 12.6. The third-order valence-corrected chi connectivity index (χ3v) is 9.50. The molecule has 0 aromatic carbocycles. The van der Waals surface area contributed by atoms with Crippen LogP contribution in [0.2, 0.25) is 0 Å². The van der Waals surface area contributed by atoms with Gasteiger partial charge in [-0.25, -0.2) is 0 Å². The van der Waals surface area contributed by atoms with Crippen LogP contribution < -0.4 is 31.9 Å². The molecule has 0 bridgehead atoms. The monoisotopic (exact) mass is 575 g/mol. The first kappa shape index (κ1) is 30.4. The van der Waals surface area contributed by atoms with Crippen LogP contribution in [0.4, 0.5) is 13.2 Å². The van der Waals surface area contributed by atoms with Crippen molar-refractivity contribution in [3.05, 3.63) is 0 Å². The summed E-state index contributed by atoms with van der Waals surface area (Å²) in [5.74, 6) is 0.272. The van der Waals surface area contributed by atoms with Gasteiger partial charge < -0.3 is 20.1 Å². The molecular weight excluding hydrogens is 527 g/mol. The molecule has 11 atom stereocenters. The van der Waals surface area contributed by atoms with E-state index in [2.05, 4.69) is 50.6 Å². The van der Waals surface area contributed by atoms with E-state index in [1.54, 1.807) is 0 Å². The van der Waals surface area contributed by atoms with Crippen LogP contribution in [0.5, 0.6) is 0 Å². The lowest BCUT2D eigenvalue weighted by Crippen LogP contribution is -2.67. The number of nitrogens with one attached hydrogen (secondary N) is 6. The van der Waals surface area contributed by atoms with Crippen LogP contribution in [0, 0.1) is 11.8 Å². The number of rotatable bonds is 6. The first-order valence-corrected chi connectivity index (χ1v) is 15.2. The first-order chi connectivity index (χ1) is 19.1. The molecule has 13 heteroatoms. The highest BCUT2D eigenvalue weighted by Crippen LogP contribution is 2.31. The van der Waals surface area contributed by atoms with E-state index >= 15 is 0 Å². The van der Waals surface area contributed by atoms with Gasteiger partial charge in [-0.05, 0) is 70.9 Å². The van der Waals surface area contributed by atoms with E-state index in [-0.39, 0.29) is 24.5 Å². The van der Waals surface area contributed by atoms with Crippen LogP contribution in [0.15, 0.2) is 0 Å². The molecule has 1 saturated carbocycles. The summed E-state index contributed by atoms with van der Waals surface area (Å²) in [5, 5.41) is 20.3. The Balaban J connectivity index is 1.12. The summed E-state index contributed by atoms with van der Waals surface area (Å²) in [7, 11) is 0. The summed E-state index contributed by atoms with van der Waals surface area (Å²) in [6, 6.07) is -0.588. The van der Waals surface area contributed by atoms with E-state index in [4.69, 9.17) is 9.47 Å². The van der Waals surface area contributed by atoms with E-state index in [1.165, 1.54) is 6.92 Å². The smallest absolute Gasteiger partial charge is 0.376 e. The predicted octanol–water partition coefficient (Wildman–Crippen LogP) is 0.449. The van der Waals surface area contributed by atoms with Crippen LogP contribution in [-0.2, 0) is 14.3 Å². The zero-order chi connectivity index (χ0) is 28.4. The summed E-state index contributed by atoms with van der Waals surface area (Å²) in [4.78, 5) is 15.4. The number of carbonyl (C=O) groups excluding carboxylic acids is 1. The molecule has 230 valence electrons.